The van der Waals surface area contributed by atoms with Crippen LogP contribution in [0.5, 0.6) is 0 Å². The minimum atomic E-state index is -0.284. The van der Waals surface area contributed by atoms with Gasteiger partial charge in [0.1, 0.15) is 0 Å². The van der Waals surface area contributed by atoms with Crippen LogP contribution in [0, 0.1) is 5.92 Å². The largest absolute Gasteiger partial charge is 0.441 e. The van der Waals surface area contributed by atoms with Crippen LogP contribution in [0.3, 0.4) is 0 Å². The molecule has 6 heteroatoms. The molecule has 0 aliphatic carbocycles. The van der Waals surface area contributed by atoms with E-state index in [2.05, 4.69) is 15.8 Å². The predicted octanol–water partition coefficient (Wildman–Crippen LogP) is 2.08. The standard InChI is InChI=1S/C16H19N3O3/c1-11(2)16(21)19-18-14(20)8-9-15-17-10-13(22-15)12-6-4-3-5-7-12/h3-7,10-11H,8-9H2,1-2H3,(H,18,20)(H,19,21). The molecular formula is C16H19N3O3. The summed E-state index contributed by atoms with van der Waals surface area (Å²) in [5.74, 6) is 0.470. The number of oxazole rings is 1. The van der Waals surface area contributed by atoms with Crippen LogP contribution in [0.2, 0.25) is 0 Å². The SMILES string of the molecule is CC(C)C(=O)NNC(=O)CCc1ncc(-c2ccccc2)o1. The van der Waals surface area contributed by atoms with Crippen molar-refractivity contribution in [2.75, 3.05) is 0 Å². The van der Waals surface area contributed by atoms with Crippen molar-refractivity contribution in [1.82, 2.24) is 15.8 Å². The third-order valence-corrected chi connectivity index (χ3v) is 3.03. The van der Waals surface area contributed by atoms with Crippen LogP contribution in [-0.2, 0) is 16.0 Å². The van der Waals surface area contributed by atoms with Crippen LogP contribution in [0.25, 0.3) is 11.3 Å². The van der Waals surface area contributed by atoms with Gasteiger partial charge in [0.2, 0.25) is 11.8 Å². The zero-order chi connectivity index (χ0) is 15.9. The number of nitrogens with zero attached hydrogens (tertiary/aromatic N) is 1. The monoisotopic (exact) mass is 301 g/mol. The van der Waals surface area contributed by atoms with Crippen LogP contribution in [0.1, 0.15) is 26.2 Å². The van der Waals surface area contributed by atoms with Crippen LogP contribution in [-0.4, -0.2) is 16.8 Å². The number of aryl methyl sites for hydroxylation is 1. The lowest BCUT2D eigenvalue weighted by Crippen LogP contribution is -2.43. The van der Waals surface area contributed by atoms with Crippen molar-refractivity contribution in [3.8, 4) is 11.3 Å². The maximum Gasteiger partial charge on any atom is 0.240 e. The fraction of sp³-hybridized carbons (Fsp3) is 0.312. The Labute approximate surface area is 128 Å². The second-order valence-electron chi connectivity index (χ2n) is 5.18. The van der Waals surface area contributed by atoms with E-state index in [1.807, 2.05) is 30.3 Å². The lowest BCUT2D eigenvalue weighted by molar-refractivity contribution is -0.130. The maximum absolute atomic E-state index is 11.6. The van der Waals surface area contributed by atoms with Crippen molar-refractivity contribution in [1.29, 1.82) is 0 Å². The van der Waals surface area contributed by atoms with E-state index in [9.17, 15) is 9.59 Å². The maximum atomic E-state index is 11.6. The third-order valence-electron chi connectivity index (χ3n) is 3.03. The van der Waals surface area contributed by atoms with Crippen molar-refractivity contribution in [2.24, 2.45) is 5.92 Å². The van der Waals surface area contributed by atoms with Gasteiger partial charge in [0.05, 0.1) is 6.20 Å². The lowest BCUT2D eigenvalue weighted by atomic mass is 10.2. The predicted molar refractivity (Wildman–Crippen MR) is 81.4 cm³/mol. The van der Waals surface area contributed by atoms with E-state index in [1.165, 1.54) is 0 Å². The second-order valence-corrected chi connectivity index (χ2v) is 5.18. The Morgan fingerprint density at radius 2 is 1.91 bits per heavy atom. The molecule has 2 aromatic rings. The van der Waals surface area contributed by atoms with Gasteiger partial charge in [0.25, 0.3) is 0 Å². The first-order valence-corrected chi connectivity index (χ1v) is 7.15. The lowest BCUT2D eigenvalue weighted by Gasteiger charge is -2.08. The molecular weight excluding hydrogens is 282 g/mol. The average molecular weight is 301 g/mol. The molecule has 1 heterocycles. The summed E-state index contributed by atoms with van der Waals surface area (Å²) in [5, 5.41) is 0. The minimum Gasteiger partial charge on any atom is -0.441 e. The normalized spacial score (nSPS) is 10.5. The molecule has 1 aromatic heterocycles. The number of hydrogen-bond acceptors (Lipinski definition) is 4. The van der Waals surface area contributed by atoms with Gasteiger partial charge in [-0.1, -0.05) is 44.2 Å². The average Bonchev–Trinajstić information content (AvgIpc) is 3.00. The number of amides is 2. The number of aromatic nitrogens is 1. The first-order chi connectivity index (χ1) is 10.6. The van der Waals surface area contributed by atoms with Crippen molar-refractivity contribution in [3.63, 3.8) is 0 Å². The van der Waals surface area contributed by atoms with Crippen molar-refractivity contribution in [2.45, 2.75) is 26.7 Å². The summed E-state index contributed by atoms with van der Waals surface area (Å²) >= 11 is 0. The molecule has 1 aromatic carbocycles. The molecule has 0 spiro atoms. The summed E-state index contributed by atoms with van der Waals surface area (Å²) < 4.78 is 5.61. The number of carbonyl (C=O) groups excluding carboxylic acids is 2. The molecule has 2 amide bonds. The van der Waals surface area contributed by atoms with Gasteiger partial charge in [-0.25, -0.2) is 4.98 Å². The topological polar surface area (TPSA) is 84.2 Å². The first-order valence-electron chi connectivity index (χ1n) is 7.15. The van der Waals surface area contributed by atoms with E-state index in [0.29, 0.717) is 18.1 Å². The highest BCUT2D eigenvalue weighted by Crippen LogP contribution is 2.20. The minimum absolute atomic E-state index is 0.180. The smallest absolute Gasteiger partial charge is 0.240 e. The number of carbonyl (C=O) groups is 2. The molecule has 0 saturated carbocycles. The molecule has 0 aliphatic rings. The summed E-state index contributed by atoms with van der Waals surface area (Å²) in [4.78, 5) is 27.1. The molecule has 0 saturated heterocycles. The van der Waals surface area contributed by atoms with Gasteiger partial charge in [-0.2, -0.15) is 0 Å². The first kappa shape index (κ1) is 15.8. The van der Waals surface area contributed by atoms with Crippen LogP contribution in [0.15, 0.2) is 40.9 Å². The quantitative estimate of drug-likeness (QED) is 0.828. The van der Waals surface area contributed by atoms with Crippen LogP contribution < -0.4 is 10.9 Å². The number of nitrogens with one attached hydrogen (secondary N) is 2. The Hall–Kier alpha value is -2.63. The van der Waals surface area contributed by atoms with Crippen LogP contribution in [0.4, 0.5) is 0 Å². The zero-order valence-electron chi connectivity index (χ0n) is 12.6. The Bertz CT molecular complexity index is 635. The van der Waals surface area contributed by atoms with Gasteiger partial charge in [0, 0.05) is 24.3 Å². The van der Waals surface area contributed by atoms with Gasteiger partial charge in [-0.3, -0.25) is 20.4 Å². The van der Waals surface area contributed by atoms with Gasteiger partial charge >= 0.3 is 0 Å². The summed E-state index contributed by atoms with van der Waals surface area (Å²) in [6.45, 7) is 3.50. The summed E-state index contributed by atoms with van der Waals surface area (Å²) in [6, 6.07) is 9.62. The van der Waals surface area contributed by atoms with Gasteiger partial charge in [-0.05, 0) is 0 Å². The van der Waals surface area contributed by atoms with Gasteiger partial charge in [0.15, 0.2) is 11.7 Å². The van der Waals surface area contributed by atoms with Crippen molar-refractivity contribution in [3.05, 3.63) is 42.4 Å². The van der Waals surface area contributed by atoms with E-state index in [-0.39, 0.29) is 24.2 Å². The van der Waals surface area contributed by atoms with Crippen LogP contribution >= 0.6 is 0 Å². The number of hydrazine groups is 1. The van der Waals surface area contributed by atoms with Crippen molar-refractivity contribution >= 4 is 11.8 Å². The van der Waals surface area contributed by atoms with E-state index in [0.717, 1.165) is 5.56 Å². The number of benzene rings is 1. The number of rotatable bonds is 5. The molecule has 116 valence electrons. The molecule has 0 bridgehead atoms. The molecule has 0 aliphatic heterocycles. The molecule has 0 unspecified atom stereocenters. The van der Waals surface area contributed by atoms with Gasteiger partial charge < -0.3 is 4.42 Å². The molecule has 2 rings (SSSR count). The second kappa shape index (κ2) is 7.40. The van der Waals surface area contributed by atoms with Crippen molar-refractivity contribution < 1.29 is 14.0 Å². The summed E-state index contributed by atoms with van der Waals surface area (Å²) in [5.41, 5.74) is 5.66. The highest BCUT2D eigenvalue weighted by atomic mass is 16.4. The molecule has 6 nitrogen and oxygen atoms in total. The third kappa shape index (κ3) is 4.44. The Morgan fingerprint density at radius 3 is 2.59 bits per heavy atom. The van der Waals surface area contributed by atoms with E-state index in [4.69, 9.17) is 4.42 Å². The zero-order valence-corrected chi connectivity index (χ0v) is 12.6. The molecule has 0 radical (unpaired) electrons. The summed E-state index contributed by atoms with van der Waals surface area (Å²) in [7, 11) is 0. The molecule has 0 atom stereocenters. The Morgan fingerprint density at radius 1 is 1.18 bits per heavy atom. The molecule has 2 N–H and O–H groups in total. The van der Waals surface area contributed by atoms with E-state index < -0.39 is 0 Å². The fourth-order valence-corrected chi connectivity index (χ4v) is 1.72. The molecule has 22 heavy (non-hydrogen) atoms. The van der Waals surface area contributed by atoms with E-state index >= 15 is 0 Å². The highest BCUT2D eigenvalue weighted by Gasteiger charge is 2.10. The Kier molecular flexibility index (Phi) is 5.30. The molecule has 0 fully saturated rings. The summed E-state index contributed by atoms with van der Waals surface area (Å²) in [6.07, 6.45) is 2.20. The Balaban J connectivity index is 1.81. The fourth-order valence-electron chi connectivity index (χ4n) is 1.72. The van der Waals surface area contributed by atoms with Gasteiger partial charge in [-0.15, -0.1) is 0 Å². The van der Waals surface area contributed by atoms with E-state index in [1.54, 1.807) is 20.0 Å². The number of hydrogen-bond donors (Lipinski definition) is 2. The highest BCUT2D eigenvalue weighted by molar-refractivity contribution is 5.82.